The average Bonchev–Trinajstić information content (AvgIpc) is 2.82. The molecule has 3 aromatic rings. The van der Waals surface area contributed by atoms with Crippen molar-refractivity contribution < 1.29 is 4.79 Å². The van der Waals surface area contributed by atoms with E-state index >= 15 is 0 Å². The van der Waals surface area contributed by atoms with Gasteiger partial charge in [-0.05, 0) is 44.2 Å². The van der Waals surface area contributed by atoms with Crippen molar-refractivity contribution in [2.45, 2.75) is 13.8 Å². The van der Waals surface area contributed by atoms with E-state index in [1.165, 1.54) is 0 Å². The molecule has 0 saturated heterocycles. The topological polar surface area (TPSA) is 59.3 Å². The summed E-state index contributed by atoms with van der Waals surface area (Å²) in [5.74, 6) is -0.262. The van der Waals surface area contributed by atoms with Gasteiger partial charge in [-0.3, -0.25) is 4.79 Å². The quantitative estimate of drug-likeness (QED) is 0.790. The normalized spacial score (nSPS) is 10.8. The number of carbonyl (C=O) groups is 1. The molecule has 0 unspecified atom stereocenters. The van der Waals surface area contributed by atoms with E-state index in [1.807, 2.05) is 19.9 Å². The maximum absolute atomic E-state index is 12.3. The number of nitrogens with one attached hydrogen (secondary N) is 1. The van der Waals surface area contributed by atoms with Gasteiger partial charge in [-0.2, -0.15) is 5.10 Å². The van der Waals surface area contributed by atoms with Gasteiger partial charge in [0.1, 0.15) is 5.69 Å². The van der Waals surface area contributed by atoms with E-state index in [4.69, 9.17) is 11.6 Å². The van der Waals surface area contributed by atoms with Crippen LogP contribution in [0.4, 0.5) is 5.69 Å². The number of halogens is 1. The van der Waals surface area contributed by atoms with Crippen molar-refractivity contribution in [3.05, 3.63) is 58.5 Å². The van der Waals surface area contributed by atoms with Crippen LogP contribution in [0.25, 0.3) is 5.65 Å². The third-order valence-corrected chi connectivity index (χ3v) is 3.31. The summed E-state index contributed by atoms with van der Waals surface area (Å²) in [6.45, 7) is 3.78. The van der Waals surface area contributed by atoms with Crippen LogP contribution < -0.4 is 5.32 Å². The third-order valence-electron chi connectivity index (χ3n) is 3.06. The van der Waals surface area contributed by atoms with Crippen molar-refractivity contribution in [1.82, 2.24) is 14.6 Å². The molecule has 0 saturated carbocycles. The van der Waals surface area contributed by atoms with Crippen LogP contribution in [0.15, 0.2) is 36.4 Å². The molecule has 2 heterocycles. The van der Waals surface area contributed by atoms with Crippen LogP contribution in [0, 0.1) is 13.8 Å². The second kappa shape index (κ2) is 5.18. The molecular formula is C15H13ClN4O. The predicted octanol–water partition coefficient (Wildman–Crippen LogP) is 3.25. The zero-order valence-electron chi connectivity index (χ0n) is 11.6. The van der Waals surface area contributed by atoms with E-state index in [0.717, 1.165) is 11.4 Å². The Morgan fingerprint density at radius 3 is 2.62 bits per heavy atom. The highest BCUT2D eigenvalue weighted by molar-refractivity contribution is 6.30. The number of fused-ring (bicyclic) bond motifs is 1. The van der Waals surface area contributed by atoms with Gasteiger partial charge in [-0.1, -0.05) is 11.6 Å². The van der Waals surface area contributed by atoms with Crippen molar-refractivity contribution in [2.24, 2.45) is 0 Å². The zero-order chi connectivity index (χ0) is 15.0. The Balaban J connectivity index is 1.92. The molecule has 0 spiro atoms. The standard InChI is InChI=1S/C15H13ClN4O/c1-9-7-14-18-13(8-10(2)20(14)19-9)15(21)17-12-5-3-11(16)4-6-12/h3-8H,1-2H3,(H,17,21). The molecule has 2 aromatic heterocycles. The minimum Gasteiger partial charge on any atom is -0.321 e. The molecule has 0 fully saturated rings. The summed E-state index contributed by atoms with van der Waals surface area (Å²) >= 11 is 5.82. The summed E-state index contributed by atoms with van der Waals surface area (Å²) in [4.78, 5) is 16.6. The Kier molecular flexibility index (Phi) is 3.35. The van der Waals surface area contributed by atoms with Crippen LogP contribution in [-0.4, -0.2) is 20.5 Å². The minimum atomic E-state index is -0.262. The molecule has 0 bridgehead atoms. The monoisotopic (exact) mass is 300 g/mol. The number of aryl methyl sites for hydroxylation is 2. The highest BCUT2D eigenvalue weighted by atomic mass is 35.5. The number of hydrogen-bond donors (Lipinski definition) is 1. The number of anilines is 1. The lowest BCUT2D eigenvalue weighted by atomic mass is 10.3. The van der Waals surface area contributed by atoms with Crippen molar-refractivity contribution in [1.29, 1.82) is 0 Å². The Morgan fingerprint density at radius 1 is 1.19 bits per heavy atom. The third kappa shape index (κ3) is 2.73. The van der Waals surface area contributed by atoms with E-state index in [1.54, 1.807) is 34.8 Å². The lowest BCUT2D eigenvalue weighted by Gasteiger charge is -2.06. The van der Waals surface area contributed by atoms with Gasteiger partial charge in [0.25, 0.3) is 5.91 Å². The molecule has 0 aliphatic carbocycles. The van der Waals surface area contributed by atoms with E-state index in [9.17, 15) is 4.79 Å². The van der Waals surface area contributed by atoms with Gasteiger partial charge in [-0.15, -0.1) is 0 Å². The molecule has 1 amide bonds. The van der Waals surface area contributed by atoms with Crippen molar-refractivity contribution in [3.8, 4) is 0 Å². The molecule has 21 heavy (non-hydrogen) atoms. The summed E-state index contributed by atoms with van der Waals surface area (Å²) in [5, 5.41) is 7.73. The van der Waals surface area contributed by atoms with E-state index in [-0.39, 0.29) is 5.91 Å². The molecule has 0 aliphatic heterocycles. The lowest BCUT2D eigenvalue weighted by Crippen LogP contribution is -2.15. The van der Waals surface area contributed by atoms with E-state index in [0.29, 0.717) is 22.1 Å². The molecule has 1 aromatic carbocycles. The first kappa shape index (κ1) is 13.6. The van der Waals surface area contributed by atoms with Crippen LogP contribution in [0.3, 0.4) is 0 Å². The van der Waals surface area contributed by atoms with Gasteiger partial charge in [0, 0.05) is 22.5 Å². The fraction of sp³-hybridized carbons (Fsp3) is 0.133. The minimum absolute atomic E-state index is 0.262. The van der Waals surface area contributed by atoms with Gasteiger partial charge < -0.3 is 5.32 Å². The fourth-order valence-corrected chi connectivity index (χ4v) is 2.21. The first-order chi connectivity index (χ1) is 10.0. The molecule has 6 heteroatoms. The highest BCUT2D eigenvalue weighted by Gasteiger charge is 2.12. The van der Waals surface area contributed by atoms with Gasteiger partial charge in [-0.25, -0.2) is 9.50 Å². The molecule has 0 atom stereocenters. The smallest absolute Gasteiger partial charge is 0.274 e. The van der Waals surface area contributed by atoms with Crippen molar-refractivity contribution in [2.75, 3.05) is 5.32 Å². The average molecular weight is 301 g/mol. The SMILES string of the molecule is Cc1cc2nc(C(=O)Nc3ccc(Cl)cc3)cc(C)n2n1. The predicted molar refractivity (Wildman–Crippen MR) is 81.9 cm³/mol. The summed E-state index contributed by atoms with van der Waals surface area (Å²) in [6.07, 6.45) is 0. The molecule has 3 rings (SSSR count). The van der Waals surface area contributed by atoms with Gasteiger partial charge in [0.15, 0.2) is 5.65 Å². The summed E-state index contributed by atoms with van der Waals surface area (Å²) in [5.41, 5.74) is 3.41. The number of amides is 1. The summed E-state index contributed by atoms with van der Waals surface area (Å²) in [6, 6.07) is 10.5. The number of benzene rings is 1. The Hall–Kier alpha value is -2.40. The first-order valence-electron chi connectivity index (χ1n) is 6.44. The number of nitrogens with zero attached hydrogens (tertiary/aromatic N) is 3. The fourth-order valence-electron chi connectivity index (χ4n) is 2.08. The van der Waals surface area contributed by atoms with Crippen LogP contribution in [0.5, 0.6) is 0 Å². The largest absolute Gasteiger partial charge is 0.321 e. The summed E-state index contributed by atoms with van der Waals surface area (Å²) < 4.78 is 1.72. The van der Waals surface area contributed by atoms with E-state index < -0.39 is 0 Å². The van der Waals surface area contributed by atoms with Gasteiger partial charge in [0.2, 0.25) is 0 Å². The van der Waals surface area contributed by atoms with Gasteiger partial charge in [0.05, 0.1) is 5.69 Å². The molecular weight excluding hydrogens is 288 g/mol. The molecule has 1 N–H and O–H groups in total. The summed E-state index contributed by atoms with van der Waals surface area (Å²) in [7, 11) is 0. The number of carbonyl (C=O) groups excluding carboxylic acids is 1. The van der Waals surface area contributed by atoms with Gasteiger partial charge >= 0.3 is 0 Å². The lowest BCUT2D eigenvalue weighted by molar-refractivity contribution is 0.102. The van der Waals surface area contributed by atoms with Crippen LogP contribution in [0.1, 0.15) is 21.9 Å². The van der Waals surface area contributed by atoms with Crippen LogP contribution in [0.2, 0.25) is 5.02 Å². The second-order valence-corrected chi connectivity index (χ2v) is 5.24. The Morgan fingerprint density at radius 2 is 1.90 bits per heavy atom. The number of aromatic nitrogens is 3. The zero-order valence-corrected chi connectivity index (χ0v) is 12.3. The van der Waals surface area contributed by atoms with Crippen molar-refractivity contribution in [3.63, 3.8) is 0 Å². The maximum atomic E-state index is 12.3. The van der Waals surface area contributed by atoms with E-state index in [2.05, 4.69) is 15.4 Å². The molecule has 0 aliphatic rings. The highest BCUT2D eigenvalue weighted by Crippen LogP contribution is 2.15. The number of hydrogen-bond acceptors (Lipinski definition) is 3. The molecule has 5 nitrogen and oxygen atoms in total. The maximum Gasteiger partial charge on any atom is 0.274 e. The van der Waals surface area contributed by atoms with Crippen molar-refractivity contribution >= 4 is 28.8 Å². The van der Waals surface area contributed by atoms with Crippen LogP contribution in [-0.2, 0) is 0 Å². The number of rotatable bonds is 2. The first-order valence-corrected chi connectivity index (χ1v) is 6.82. The molecule has 106 valence electrons. The second-order valence-electron chi connectivity index (χ2n) is 4.80. The van der Waals surface area contributed by atoms with Crippen LogP contribution >= 0.6 is 11.6 Å². The Bertz CT molecular complexity index is 824. The molecule has 0 radical (unpaired) electrons. The Labute approximate surface area is 126 Å².